The summed E-state index contributed by atoms with van der Waals surface area (Å²) in [5.41, 5.74) is 5.46. The van der Waals surface area contributed by atoms with E-state index in [9.17, 15) is 13.2 Å². The van der Waals surface area contributed by atoms with E-state index in [4.69, 9.17) is 9.47 Å². The average molecular weight is 524 g/mol. The van der Waals surface area contributed by atoms with Gasteiger partial charge in [0.2, 0.25) is 0 Å². The van der Waals surface area contributed by atoms with Crippen molar-refractivity contribution in [2.24, 2.45) is 5.10 Å². The number of aryl methyl sites for hydroxylation is 2. The minimum absolute atomic E-state index is 0.0957. The highest BCUT2D eigenvalue weighted by Gasteiger charge is 2.27. The monoisotopic (exact) mass is 523 g/mol. The van der Waals surface area contributed by atoms with Crippen LogP contribution in [0.4, 0.5) is 5.69 Å². The number of carbonyl (C=O) groups excluding carboxylic acids is 1. The van der Waals surface area contributed by atoms with Crippen LogP contribution in [0, 0.1) is 13.8 Å². The molecule has 37 heavy (non-hydrogen) atoms. The number of benzene rings is 3. The van der Waals surface area contributed by atoms with Crippen LogP contribution in [0.1, 0.15) is 37.0 Å². The van der Waals surface area contributed by atoms with Gasteiger partial charge in [0.05, 0.1) is 30.0 Å². The van der Waals surface area contributed by atoms with Crippen LogP contribution in [0.5, 0.6) is 11.5 Å². The Hall–Kier alpha value is -3.85. The minimum Gasteiger partial charge on any atom is -0.490 e. The first-order valence-corrected chi connectivity index (χ1v) is 13.6. The average Bonchev–Trinajstić information content (AvgIpc) is 2.89. The lowest BCUT2D eigenvalue weighted by molar-refractivity contribution is -0.119. The number of hydrogen-bond donors (Lipinski definition) is 1. The van der Waals surface area contributed by atoms with E-state index in [-0.39, 0.29) is 4.90 Å². The van der Waals surface area contributed by atoms with Crippen molar-refractivity contribution in [3.8, 4) is 11.5 Å². The summed E-state index contributed by atoms with van der Waals surface area (Å²) in [7, 11) is -3.99. The van der Waals surface area contributed by atoms with Crippen molar-refractivity contribution in [2.45, 2.75) is 39.0 Å². The lowest BCUT2D eigenvalue weighted by atomic mass is 10.1. The van der Waals surface area contributed by atoms with E-state index in [0.29, 0.717) is 36.0 Å². The van der Waals surface area contributed by atoms with Crippen LogP contribution in [0.15, 0.2) is 76.7 Å². The molecular formula is C28H33N3O5S. The highest BCUT2D eigenvalue weighted by molar-refractivity contribution is 7.92. The van der Waals surface area contributed by atoms with Gasteiger partial charge in [0.1, 0.15) is 6.54 Å². The van der Waals surface area contributed by atoms with Crippen LogP contribution in [-0.2, 0) is 14.8 Å². The maximum absolute atomic E-state index is 13.4. The molecule has 8 nitrogen and oxygen atoms in total. The molecule has 1 N–H and O–H groups in total. The first-order valence-electron chi connectivity index (χ1n) is 12.1. The lowest BCUT2D eigenvalue weighted by Gasteiger charge is -2.24. The van der Waals surface area contributed by atoms with E-state index in [1.807, 2.05) is 33.8 Å². The number of carbonyl (C=O) groups is 1. The molecule has 3 aromatic carbocycles. The van der Waals surface area contributed by atoms with Crippen LogP contribution in [-0.4, -0.2) is 40.3 Å². The number of anilines is 1. The summed E-state index contributed by atoms with van der Waals surface area (Å²) in [6.07, 6.45) is 2.34. The Bertz CT molecular complexity index is 1340. The molecule has 0 aromatic heterocycles. The van der Waals surface area contributed by atoms with Crippen molar-refractivity contribution >= 4 is 27.8 Å². The molecule has 0 radical (unpaired) electrons. The molecule has 0 saturated carbocycles. The van der Waals surface area contributed by atoms with Crippen molar-refractivity contribution in [2.75, 3.05) is 24.1 Å². The third kappa shape index (κ3) is 7.33. The van der Waals surface area contributed by atoms with Gasteiger partial charge in [-0.15, -0.1) is 0 Å². The van der Waals surface area contributed by atoms with Gasteiger partial charge in [-0.1, -0.05) is 31.2 Å². The van der Waals surface area contributed by atoms with Gasteiger partial charge in [0.15, 0.2) is 11.5 Å². The molecule has 0 heterocycles. The molecule has 0 bridgehead atoms. The number of rotatable bonds is 12. The fourth-order valence-corrected chi connectivity index (χ4v) is 4.90. The summed E-state index contributed by atoms with van der Waals surface area (Å²) in [5.74, 6) is 0.642. The highest BCUT2D eigenvalue weighted by atomic mass is 32.2. The Morgan fingerprint density at radius 1 is 0.946 bits per heavy atom. The second-order valence-corrected chi connectivity index (χ2v) is 10.2. The van der Waals surface area contributed by atoms with Crippen LogP contribution in [0.25, 0.3) is 0 Å². The first kappa shape index (κ1) is 27.7. The molecule has 0 aliphatic heterocycles. The standard InChI is InChI=1S/C28H33N3O5S/c1-5-16-36-26-15-13-23(18-27(26)35-6-2)19-29-30-28(32)20-31(24-14-12-21(3)22(4)17-24)37(33,34)25-10-8-7-9-11-25/h7-15,17-19H,5-6,16,20H2,1-4H3,(H,30,32)/b29-19+. The minimum atomic E-state index is -3.99. The summed E-state index contributed by atoms with van der Waals surface area (Å²) < 4.78 is 39.3. The molecule has 0 atom stereocenters. The topological polar surface area (TPSA) is 97.3 Å². The molecule has 0 saturated heterocycles. The van der Waals surface area contributed by atoms with Crippen LogP contribution in [0.2, 0.25) is 0 Å². The van der Waals surface area contributed by atoms with Gasteiger partial charge in [0.25, 0.3) is 15.9 Å². The number of ether oxygens (including phenoxy) is 2. The summed E-state index contributed by atoms with van der Waals surface area (Å²) in [6, 6.07) is 18.7. The smallest absolute Gasteiger partial charge is 0.264 e. The lowest BCUT2D eigenvalue weighted by Crippen LogP contribution is -2.39. The van der Waals surface area contributed by atoms with E-state index in [1.54, 1.807) is 48.5 Å². The molecule has 0 spiro atoms. The second kappa shape index (κ2) is 12.9. The molecular weight excluding hydrogens is 490 g/mol. The Balaban J connectivity index is 1.79. The predicted molar refractivity (Wildman–Crippen MR) is 146 cm³/mol. The van der Waals surface area contributed by atoms with Gasteiger partial charge < -0.3 is 9.47 Å². The van der Waals surface area contributed by atoms with Crippen molar-refractivity contribution < 1.29 is 22.7 Å². The fourth-order valence-electron chi connectivity index (χ4n) is 3.46. The fraction of sp³-hybridized carbons (Fsp3) is 0.286. The number of hydrazone groups is 1. The molecule has 9 heteroatoms. The molecule has 3 rings (SSSR count). The Labute approximate surface area is 219 Å². The van der Waals surface area contributed by atoms with E-state index < -0.39 is 22.5 Å². The SMILES string of the molecule is CCCOc1ccc(/C=N/NC(=O)CN(c2ccc(C)c(C)c2)S(=O)(=O)c2ccccc2)cc1OCC. The Morgan fingerprint density at radius 3 is 2.38 bits per heavy atom. The zero-order valence-corrected chi connectivity index (χ0v) is 22.4. The van der Waals surface area contributed by atoms with Gasteiger partial charge in [-0.05, 0) is 86.3 Å². The second-order valence-electron chi connectivity index (χ2n) is 8.37. The molecule has 0 aliphatic carbocycles. The largest absolute Gasteiger partial charge is 0.490 e. The third-order valence-electron chi connectivity index (χ3n) is 5.53. The predicted octanol–water partition coefficient (Wildman–Crippen LogP) is 4.84. The highest BCUT2D eigenvalue weighted by Crippen LogP contribution is 2.28. The summed E-state index contributed by atoms with van der Waals surface area (Å²) >= 11 is 0. The van der Waals surface area contributed by atoms with Crippen LogP contribution < -0.4 is 19.2 Å². The number of nitrogens with one attached hydrogen (secondary N) is 1. The summed E-state index contributed by atoms with van der Waals surface area (Å²) in [5, 5.41) is 4.03. The van der Waals surface area contributed by atoms with Crippen LogP contribution >= 0.6 is 0 Å². The molecule has 0 fully saturated rings. The number of sulfonamides is 1. The third-order valence-corrected chi connectivity index (χ3v) is 7.32. The molecule has 1 amide bonds. The maximum Gasteiger partial charge on any atom is 0.264 e. The summed E-state index contributed by atoms with van der Waals surface area (Å²) in [6.45, 7) is 8.36. The van der Waals surface area contributed by atoms with Crippen molar-refractivity contribution in [3.63, 3.8) is 0 Å². The van der Waals surface area contributed by atoms with Gasteiger partial charge in [0, 0.05) is 0 Å². The molecule has 3 aromatic rings. The van der Waals surface area contributed by atoms with Gasteiger partial charge in [-0.3, -0.25) is 9.10 Å². The summed E-state index contributed by atoms with van der Waals surface area (Å²) in [4.78, 5) is 12.9. The quantitative estimate of drug-likeness (QED) is 0.271. The zero-order valence-electron chi connectivity index (χ0n) is 21.6. The van der Waals surface area contributed by atoms with Crippen molar-refractivity contribution in [1.82, 2.24) is 5.43 Å². The zero-order chi connectivity index (χ0) is 26.8. The van der Waals surface area contributed by atoms with Crippen LogP contribution in [0.3, 0.4) is 0 Å². The number of nitrogens with zero attached hydrogens (tertiary/aromatic N) is 2. The Morgan fingerprint density at radius 2 is 1.70 bits per heavy atom. The van der Waals surface area contributed by atoms with Gasteiger partial charge in [-0.25, -0.2) is 13.8 Å². The van der Waals surface area contributed by atoms with Gasteiger partial charge in [-0.2, -0.15) is 5.10 Å². The van der Waals surface area contributed by atoms with Crippen molar-refractivity contribution in [1.29, 1.82) is 0 Å². The van der Waals surface area contributed by atoms with Gasteiger partial charge >= 0.3 is 0 Å². The molecule has 0 unspecified atom stereocenters. The first-order chi connectivity index (χ1) is 17.8. The van der Waals surface area contributed by atoms with E-state index in [0.717, 1.165) is 21.9 Å². The van der Waals surface area contributed by atoms with E-state index >= 15 is 0 Å². The molecule has 0 aliphatic rings. The van der Waals surface area contributed by atoms with E-state index in [1.165, 1.54) is 18.3 Å². The number of amides is 1. The van der Waals surface area contributed by atoms with Crippen molar-refractivity contribution in [3.05, 3.63) is 83.4 Å². The molecule has 196 valence electrons. The Kier molecular flexibility index (Phi) is 9.68. The maximum atomic E-state index is 13.4. The normalized spacial score (nSPS) is 11.4. The number of hydrogen-bond acceptors (Lipinski definition) is 6. The van der Waals surface area contributed by atoms with E-state index in [2.05, 4.69) is 10.5 Å².